The molecule has 0 bridgehead atoms. The summed E-state index contributed by atoms with van der Waals surface area (Å²) < 4.78 is 16.2. The highest BCUT2D eigenvalue weighted by Gasteiger charge is 2.47. The maximum atomic E-state index is 12.5. The molecule has 2 aromatic rings. The maximum Gasteiger partial charge on any atom is 0.338 e. The van der Waals surface area contributed by atoms with Gasteiger partial charge >= 0.3 is 11.9 Å². The normalized spacial score (nSPS) is 27.6. The number of alkyl halides is 1. The van der Waals surface area contributed by atoms with Crippen molar-refractivity contribution in [2.24, 2.45) is 0 Å². The van der Waals surface area contributed by atoms with Crippen molar-refractivity contribution in [1.29, 1.82) is 0 Å². The van der Waals surface area contributed by atoms with E-state index in [1.54, 1.807) is 67.6 Å². The van der Waals surface area contributed by atoms with E-state index >= 15 is 0 Å². The van der Waals surface area contributed by atoms with E-state index in [4.69, 9.17) is 14.2 Å². The van der Waals surface area contributed by atoms with Crippen LogP contribution in [0.15, 0.2) is 60.7 Å². The smallest absolute Gasteiger partial charge is 0.338 e. The zero-order chi connectivity index (χ0) is 19.4. The Morgan fingerprint density at radius 1 is 0.889 bits per heavy atom. The Morgan fingerprint density at radius 3 is 1.81 bits per heavy atom. The molecule has 0 saturated carbocycles. The van der Waals surface area contributed by atoms with Gasteiger partial charge in [0.25, 0.3) is 0 Å². The second kappa shape index (κ2) is 8.81. The largest absolute Gasteiger partial charge is 0.453 e. The fourth-order valence-electron chi connectivity index (χ4n) is 2.77. The number of hydrogen-bond donors (Lipinski definition) is 1. The topological polar surface area (TPSA) is 82.1 Å². The highest BCUT2D eigenvalue weighted by Crippen LogP contribution is 2.31. The van der Waals surface area contributed by atoms with Crippen LogP contribution in [0.3, 0.4) is 0 Å². The van der Waals surface area contributed by atoms with Crippen molar-refractivity contribution < 1.29 is 28.9 Å². The molecule has 0 aromatic heterocycles. The van der Waals surface area contributed by atoms with Gasteiger partial charge in [-0.2, -0.15) is 0 Å². The minimum atomic E-state index is -1.40. The van der Waals surface area contributed by atoms with Gasteiger partial charge in [-0.3, -0.25) is 0 Å². The van der Waals surface area contributed by atoms with Crippen LogP contribution in [0.25, 0.3) is 0 Å². The second-order valence-electron chi connectivity index (χ2n) is 6.15. The average molecular weight is 482 g/mol. The molecule has 0 radical (unpaired) electrons. The number of rotatable bonds is 4. The van der Waals surface area contributed by atoms with Gasteiger partial charge in [-0.05, 0) is 31.2 Å². The van der Waals surface area contributed by atoms with Crippen LogP contribution in [0.4, 0.5) is 0 Å². The number of ether oxygens (including phenoxy) is 3. The summed E-state index contributed by atoms with van der Waals surface area (Å²) in [6.07, 6.45) is -3.78. The Bertz CT molecular complexity index is 782. The lowest BCUT2D eigenvalue weighted by atomic mass is 10.0. The number of aliphatic hydroxyl groups is 1. The van der Waals surface area contributed by atoms with Crippen LogP contribution in [0.5, 0.6) is 0 Å². The number of benzene rings is 2. The Kier molecular flexibility index (Phi) is 6.46. The molecule has 0 unspecified atom stereocenters. The monoisotopic (exact) mass is 482 g/mol. The van der Waals surface area contributed by atoms with Crippen molar-refractivity contribution in [2.75, 3.05) is 0 Å². The number of esters is 2. The number of hydrogen-bond acceptors (Lipinski definition) is 6. The summed E-state index contributed by atoms with van der Waals surface area (Å²) >= 11 is 2.08. The molecule has 1 N–H and O–H groups in total. The van der Waals surface area contributed by atoms with Crippen LogP contribution in [-0.2, 0) is 14.2 Å². The predicted molar refractivity (Wildman–Crippen MR) is 106 cm³/mol. The van der Waals surface area contributed by atoms with Crippen molar-refractivity contribution in [3.05, 3.63) is 71.8 Å². The first kappa shape index (κ1) is 19.8. The van der Waals surface area contributed by atoms with Crippen molar-refractivity contribution in [2.45, 2.75) is 35.5 Å². The van der Waals surface area contributed by atoms with Crippen molar-refractivity contribution in [3.8, 4) is 0 Å². The first-order chi connectivity index (χ1) is 13.0. The van der Waals surface area contributed by atoms with Crippen LogP contribution < -0.4 is 0 Å². The third kappa shape index (κ3) is 4.66. The van der Waals surface area contributed by atoms with Gasteiger partial charge < -0.3 is 19.3 Å². The first-order valence-corrected chi connectivity index (χ1v) is 9.71. The van der Waals surface area contributed by atoms with E-state index < -0.39 is 30.4 Å². The van der Waals surface area contributed by atoms with E-state index in [0.29, 0.717) is 11.1 Å². The van der Waals surface area contributed by atoms with Gasteiger partial charge in [0.15, 0.2) is 18.5 Å². The van der Waals surface area contributed by atoms with E-state index in [0.717, 1.165) is 0 Å². The summed E-state index contributed by atoms with van der Waals surface area (Å²) in [6, 6.07) is 16.9. The molecular formula is C20H19IO6. The fourth-order valence-corrected chi connectivity index (χ4v) is 3.50. The van der Waals surface area contributed by atoms with Crippen molar-refractivity contribution >= 4 is 34.5 Å². The summed E-state index contributed by atoms with van der Waals surface area (Å²) in [5.41, 5.74) is 0.712. The van der Waals surface area contributed by atoms with Gasteiger partial charge in [-0.25, -0.2) is 9.59 Å². The molecule has 5 atom stereocenters. The van der Waals surface area contributed by atoms with E-state index in [1.807, 2.05) is 0 Å². The zero-order valence-electron chi connectivity index (χ0n) is 14.5. The van der Waals surface area contributed by atoms with E-state index in [2.05, 4.69) is 22.6 Å². The summed E-state index contributed by atoms with van der Waals surface area (Å²) in [6.45, 7) is 1.76. The fraction of sp³-hybridized carbons (Fsp3) is 0.300. The lowest BCUT2D eigenvalue weighted by Gasteiger charge is -2.40. The molecule has 1 fully saturated rings. The molecule has 142 valence electrons. The molecule has 1 heterocycles. The summed E-state index contributed by atoms with van der Waals surface area (Å²) in [4.78, 5) is 24.9. The first-order valence-electron chi connectivity index (χ1n) is 8.47. The van der Waals surface area contributed by atoms with E-state index in [-0.39, 0.29) is 10.0 Å². The van der Waals surface area contributed by atoms with Crippen LogP contribution in [0, 0.1) is 0 Å². The van der Waals surface area contributed by atoms with Crippen molar-refractivity contribution in [3.63, 3.8) is 0 Å². The zero-order valence-corrected chi connectivity index (χ0v) is 16.7. The number of aliphatic hydroxyl groups excluding tert-OH is 1. The minimum absolute atomic E-state index is 0.313. The minimum Gasteiger partial charge on any atom is -0.453 e. The lowest BCUT2D eigenvalue weighted by Crippen LogP contribution is -2.57. The van der Waals surface area contributed by atoms with Gasteiger partial charge in [-0.15, -0.1) is 0 Å². The Morgan fingerprint density at radius 2 is 1.33 bits per heavy atom. The lowest BCUT2D eigenvalue weighted by molar-refractivity contribution is -0.237. The second-order valence-corrected chi connectivity index (χ2v) is 7.59. The Balaban J connectivity index is 1.80. The van der Waals surface area contributed by atoms with Gasteiger partial charge in [0.1, 0.15) is 0 Å². The SMILES string of the molecule is C[C@H]1O[C@H](O)[C@H](OC(=O)c2ccccc2)[C@@H](OC(=O)c2ccccc2)[C@@H]1I. The number of carbonyl (C=O) groups is 2. The van der Waals surface area contributed by atoms with E-state index in [1.165, 1.54) is 0 Å². The summed E-state index contributed by atoms with van der Waals surface area (Å²) in [5.74, 6) is -1.17. The molecule has 27 heavy (non-hydrogen) atoms. The molecule has 0 aliphatic carbocycles. The quantitative estimate of drug-likeness (QED) is 0.410. The molecule has 1 aliphatic heterocycles. The van der Waals surface area contributed by atoms with E-state index in [9.17, 15) is 14.7 Å². The number of carbonyl (C=O) groups excluding carboxylic acids is 2. The summed E-state index contributed by atoms with van der Waals surface area (Å²) in [5, 5.41) is 10.3. The average Bonchev–Trinajstić information content (AvgIpc) is 2.69. The highest BCUT2D eigenvalue weighted by molar-refractivity contribution is 14.1. The molecule has 2 aromatic carbocycles. The van der Waals surface area contributed by atoms with Crippen molar-refractivity contribution in [1.82, 2.24) is 0 Å². The van der Waals surface area contributed by atoms with Gasteiger partial charge in [0.2, 0.25) is 0 Å². The molecule has 7 heteroatoms. The van der Waals surface area contributed by atoms with Crippen LogP contribution in [0.1, 0.15) is 27.6 Å². The van der Waals surface area contributed by atoms with Crippen LogP contribution >= 0.6 is 22.6 Å². The molecule has 0 spiro atoms. The molecule has 1 aliphatic rings. The summed E-state index contributed by atoms with van der Waals surface area (Å²) in [7, 11) is 0. The van der Waals surface area contributed by atoms with Crippen LogP contribution in [-0.4, -0.2) is 45.6 Å². The third-order valence-corrected chi connectivity index (χ3v) is 5.95. The molecule has 1 saturated heterocycles. The highest BCUT2D eigenvalue weighted by atomic mass is 127. The predicted octanol–water partition coefficient (Wildman–Crippen LogP) is 2.98. The molecular weight excluding hydrogens is 463 g/mol. The standard InChI is InChI=1S/C20H19IO6/c1-12-15(21)16(26-18(22)13-8-4-2-5-9-13)17(20(24)25-12)27-19(23)14-10-6-3-7-11-14/h2-12,15-17,20,24H,1H3/t12-,15-,16+,17-,20+/m1/s1. The third-order valence-electron chi connectivity index (χ3n) is 4.23. The van der Waals surface area contributed by atoms with Gasteiger partial charge in [0, 0.05) is 0 Å². The molecule has 6 nitrogen and oxygen atoms in total. The van der Waals surface area contributed by atoms with Gasteiger partial charge in [0.05, 0.1) is 21.2 Å². The Labute approximate surface area is 170 Å². The maximum absolute atomic E-state index is 12.5. The molecule has 0 amide bonds. The Hall–Kier alpha value is -1.97. The number of halogens is 1. The van der Waals surface area contributed by atoms with Gasteiger partial charge in [-0.1, -0.05) is 59.0 Å². The molecule has 3 rings (SSSR count). The van der Waals surface area contributed by atoms with Crippen LogP contribution in [0.2, 0.25) is 0 Å².